The number of carbonyl (C=O) groups is 1. The number of carbonyl (C=O) groups excluding carboxylic acids is 1. The third kappa shape index (κ3) is 3.81. The molecule has 1 aliphatic heterocycles. The van der Waals surface area contributed by atoms with Crippen LogP contribution in [0.1, 0.15) is 12.0 Å². The fourth-order valence-corrected chi connectivity index (χ4v) is 3.69. The second-order valence-corrected chi connectivity index (χ2v) is 7.24. The molecule has 5 N–H and O–H groups in total. The fraction of sp³-hybridized carbons (Fsp3) is 0.333. The zero-order chi connectivity index (χ0) is 20.5. The van der Waals surface area contributed by atoms with Crippen molar-refractivity contribution in [1.29, 1.82) is 0 Å². The lowest BCUT2D eigenvalue weighted by atomic mass is 9.93. The Morgan fingerprint density at radius 1 is 1.45 bits per heavy atom. The minimum Gasteiger partial charge on any atom is -0.392 e. The highest BCUT2D eigenvalue weighted by molar-refractivity contribution is 6.31. The zero-order valence-corrected chi connectivity index (χ0v) is 16.0. The first-order valence-electron chi connectivity index (χ1n) is 9.04. The lowest BCUT2D eigenvalue weighted by Crippen LogP contribution is -2.50. The van der Waals surface area contributed by atoms with Crippen molar-refractivity contribution in [2.75, 3.05) is 23.7 Å². The molecule has 0 saturated carbocycles. The lowest BCUT2D eigenvalue weighted by molar-refractivity contribution is -0.129. The maximum atomic E-state index is 13.9. The highest BCUT2D eigenvalue weighted by Crippen LogP contribution is 2.27. The number of benzene rings is 1. The molecule has 3 aromatic rings. The number of H-pyrrole nitrogens is 1. The van der Waals surface area contributed by atoms with E-state index in [1.54, 1.807) is 6.07 Å². The van der Waals surface area contributed by atoms with E-state index in [2.05, 4.69) is 25.3 Å². The number of nitrogens with two attached hydrogens (primary N) is 1. The smallest absolute Gasteiger partial charge is 0.227 e. The van der Waals surface area contributed by atoms with Crippen LogP contribution >= 0.6 is 11.6 Å². The number of fused-ring (bicyclic) bond motifs is 1. The molecule has 1 amide bonds. The number of nitrogens with one attached hydrogen (secondary N) is 2. The van der Waals surface area contributed by atoms with Gasteiger partial charge in [-0.05, 0) is 18.6 Å². The number of aromatic amines is 1. The summed E-state index contributed by atoms with van der Waals surface area (Å²) in [5.41, 5.74) is 7.00. The topological polar surface area (TPSA) is 133 Å². The number of amides is 1. The van der Waals surface area contributed by atoms with Crippen LogP contribution < -0.4 is 16.0 Å². The molecule has 0 spiro atoms. The molecule has 4 rings (SSSR count). The van der Waals surface area contributed by atoms with Crippen molar-refractivity contribution in [3.8, 4) is 0 Å². The van der Waals surface area contributed by atoms with Crippen molar-refractivity contribution >= 4 is 40.4 Å². The monoisotopic (exact) mass is 419 g/mol. The molecule has 1 aliphatic rings. The van der Waals surface area contributed by atoms with E-state index < -0.39 is 23.7 Å². The maximum absolute atomic E-state index is 13.9. The Balaban J connectivity index is 1.51. The molecule has 11 heteroatoms. The molecule has 2 atom stereocenters. The summed E-state index contributed by atoms with van der Waals surface area (Å²) in [6, 6.07) is 4.33. The normalized spacial score (nSPS) is 19.5. The highest BCUT2D eigenvalue weighted by atomic mass is 35.5. The second kappa shape index (κ2) is 7.80. The molecular formula is C18H19ClFN7O2. The predicted molar refractivity (Wildman–Crippen MR) is 106 cm³/mol. The molecule has 2 aromatic heterocycles. The summed E-state index contributed by atoms with van der Waals surface area (Å²) < 4.78 is 13.9. The van der Waals surface area contributed by atoms with Gasteiger partial charge in [0.25, 0.3) is 0 Å². The number of aromatic nitrogens is 4. The number of aliphatic hydroxyl groups is 1. The second-order valence-electron chi connectivity index (χ2n) is 6.83. The van der Waals surface area contributed by atoms with Gasteiger partial charge in [-0.3, -0.25) is 4.79 Å². The SMILES string of the molecule is Nc1nc(N2CC[C@@H](O)[C@@H](C(=O)NCc3c(F)cccc3Cl)C2)c2[nH]cnc2n1. The Morgan fingerprint density at radius 2 is 2.28 bits per heavy atom. The number of hydrogen-bond acceptors (Lipinski definition) is 7. The van der Waals surface area contributed by atoms with Crippen LogP contribution in [0.2, 0.25) is 5.02 Å². The number of nitrogens with zero attached hydrogens (tertiary/aromatic N) is 4. The van der Waals surface area contributed by atoms with Gasteiger partial charge in [0, 0.05) is 30.2 Å². The molecule has 29 heavy (non-hydrogen) atoms. The highest BCUT2D eigenvalue weighted by Gasteiger charge is 2.34. The summed E-state index contributed by atoms with van der Waals surface area (Å²) in [7, 11) is 0. The number of hydrogen-bond donors (Lipinski definition) is 4. The van der Waals surface area contributed by atoms with E-state index >= 15 is 0 Å². The first-order chi connectivity index (χ1) is 13.9. The standard InChI is InChI=1S/C18H19ClFN7O2/c19-11-2-1-3-12(20)9(11)6-22-17(29)10-7-27(5-4-13(10)28)16-14-15(24-8-23-14)25-18(21)26-16/h1-3,8,10,13,28H,4-7H2,(H,22,29)(H3,21,23,24,25,26)/t10-,13+/m0/s1. The van der Waals surface area contributed by atoms with Gasteiger partial charge in [-0.1, -0.05) is 17.7 Å². The Bertz CT molecular complexity index is 1040. The Kier molecular flexibility index (Phi) is 5.20. The van der Waals surface area contributed by atoms with E-state index in [1.807, 2.05) is 4.90 Å². The van der Waals surface area contributed by atoms with E-state index in [4.69, 9.17) is 17.3 Å². The molecule has 152 valence electrons. The molecule has 0 bridgehead atoms. The Labute approximate surface area is 170 Å². The Hall–Kier alpha value is -2.98. The van der Waals surface area contributed by atoms with Gasteiger partial charge in [-0.15, -0.1) is 0 Å². The maximum Gasteiger partial charge on any atom is 0.227 e. The van der Waals surface area contributed by atoms with Gasteiger partial charge in [0.15, 0.2) is 11.5 Å². The van der Waals surface area contributed by atoms with Gasteiger partial charge in [0.2, 0.25) is 11.9 Å². The van der Waals surface area contributed by atoms with Crippen LogP contribution in [-0.4, -0.2) is 50.1 Å². The summed E-state index contributed by atoms with van der Waals surface area (Å²) in [6.45, 7) is 0.621. The van der Waals surface area contributed by atoms with E-state index in [9.17, 15) is 14.3 Å². The first-order valence-corrected chi connectivity index (χ1v) is 9.42. The van der Waals surface area contributed by atoms with Crippen molar-refractivity contribution in [3.63, 3.8) is 0 Å². The van der Waals surface area contributed by atoms with Gasteiger partial charge in [-0.2, -0.15) is 9.97 Å². The predicted octanol–water partition coefficient (Wildman–Crippen LogP) is 1.23. The molecule has 1 saturated heterocycles. The summed E-state index contributed by atoms with van der Waals surface area (Å²) in [6.07, 6.45) is 1.01. The van der Waals surface area contributed by atoms with Crippen LogP contribution in [0, 0.1) is 11.7 Å². The summed E-state index contributed by atoms with van der Waals surface area (Å²) in [5.74, 6) is -1.04. The average Bonchev–Trinajstić information content (AvgIpc) is 3.15. The molecule has 3 heterocycles. The minimum atomic E-state index is -0.834. The first kappa shape index (κ1) is 19.3. The van der Waals surface area contributed by atoms with Crippen LogP contribution in [0.3, 0.4) is 0 Å². The largest absolute Gasteiger partial charge is 0.392 e. The van der Waals surface area contributed by atoms with Crippen molar-refractivity contribution in [2.24, 2.45) is 5.92 Å². The van der Waals surface area contributed by atoms with Crippen LogP contribution in [0.5, 0.6) is 0 Å². The van der Waals surface area contributed by atoms with Crippen molar-refractivity contribution < 1.29 is 14.3 Å². The molecule has 9 nitrogen and oxygen atoms in total. The van der Waals surface area contributed by atoms with Crippen molar-refractivity contribution in [2.45, 2.75) is 19.1 Å². The van der Waals surface area contributed by atoms with Crippen LogP contribution in [0.15, 0.2) is 24.5 Å². The molecule has 1 aromatic carbocycles. The average molecular weight is 420 g/mol. The summed E-state index contributed by atoms with van der Waals surface area (Å²) >= 11 is 6.01. The quantitative estimate of drug-likeness (QED) is 0.499. The molecule has 0 unspecified atom stereocenters. The van der Waals surface area contributed by atoms with Crippen molar-refractivity contribution in [1.82, 2.24) is 25.3 Å². The van der Waals surface area contributed by atoms with Crippen molar-refractivity contribution in [3.05, 3.63) is 40.9 Å². The van der Waals surface area contributed by atoms with Gasteiger partial charge >= 0.3 is 0 Å². The minimum absolute atomic E-state index is 0.0703. The third-order valence-electron chi connectivity index (χ3n) is 5.00. The van der Waals surface area contributed by atoms with Gasteiger partial charge in [0.05, 0.1) is 18.3 Å². The van der Waals surface area contributed by atoms with E-state index in [-0.39, 0.29) is 29.6 Å². The number of imidazole rings is 1. The zero-order valence-electron chi connectivity index (χ0n) is 15.3. The van der Waals surface area contributed by atoms with Gasteiger partial charge in [0.1, 0.15) is 11.3 Å². The van der Waals surface area contributed by atoms with Gasteiger partial charge in [-0.25, -0.2) is 9.37 Å². The summed E-state index contributed by atoms with van der Waals surface area (Å²) in [5, 5.41) is 13.3. The molecule has 0 radical (unpaired) electrons. The fourth-order valence-electron chi connectivity index (χ4n) is 3.46. The number of aliphatic hydroxyl groups excluding tert-OH is 1. The molecule has 1 fully saturated rings. The number of halogens is 2. The van der Waals surface area contributed by atoms with Gasteiger partial charge < -0.3 is 26.0 Å². The third-order valence-corrected chi connectivity index (χ3v) is 5.35. The summed E-state index contributed by atoms with van der Waals surface area (Å²) in [4.78, 5) is 30.0. The molecule has 0 aliphatic carbocycles. The Morgan fingerprint density at radius 3 is 3.07 bits per heavy atom. The van der Waals surface area contributed by atoms with E-state index in [0.717, 1.165) is 0 Å². The molecular weight excluding hydrogens is 401 g/mol. The lowest BCUT2D eigenvalue weighted by Gasteiger charge is -2.36. The van der Waals surface area contributed by atoms with E-state index in [0.29, 0.717) is 29.9 Å². The van der Waals surface area contributed by atoms with Crippen LogP contribution in [-0.2, 0) is 11.3 Å². The number of piperidine rings is 1. The number of rotatable bonds is 4. The van der Waals surface area contributed by atoms with Crippen LogP contribution in [0.4, 0.5) is 16.2 Å². The number of nitrogen functional groups attached to an aromatic ring is 1. The van der Waals surface area contributed by atoms with Crippen LogP contribution in [0.25, 0.3) is 11.2 Å². The number of anilines is 2. The van der Waals surface area contributed by atoms with E-state index in [1.165, 1.54) is 18.5 Å².